The number of hydrogen-bond acceptors (Lipinski definition) is 8. The summed E-state index contributed by atoms with van der Waals surface area (Å²) in [5.41, 5.74) is 0. The maximum Gasteiger partial charge on any atom is 0.323 e. The maximum absolute atomic E-state index is 11.1. The van der Waals surface area contributed by atoms with Crippen LogP contribution in [0.5, 0.6) is 0 Å². The van der Waals surface area contributed by atoms with Crippen molar-refractivity contribution in [3.05, 3.63) is 24.8 Å². The SMILES string of the molecule is C[C@@H](O)CN1/C=C\N(CC(=O)O)/C=C\N(CC(=O)O)CCN(CC(=O)O)CC1. The van der Waals surface area contributed by atoms with Crippen molar-refractivity contribution >= 4 is 17.9 Å². The smallest absolute Gasteiger partial charge is 0.323 e. The van der Waals surface area contributed by atoms with Crippen molar-refractivity contribution in [3.63, 3.8) is 0 Å². The fraction of sp³-hybridized carbons (Fsp3) is 0.588. The fourth-order valence-corrected chi connectivity index (χ4v) is 2.62. The molecule has 0 aromatic heterocycles. The molecule has 0 bridgehead atoms. The second-order valence-electron chi connectivity index (χ2n) is 6.54. The summed E-state index contributed by atoms with van der Waals surface area (Å²) in [4.78, 5) is 39.6. The third-order valence-corrected chi connectivity index (χ3v) is 3.86. The molecular formula is C17H28N4O7. The maximum atomic E-state index is 11.1. The van der Waals surface area contributed by atoms with Crippen LogP contribution in [0.15, 0.2) is 24.8 Å². The van der Waals surface area contributed by atoms with Crippen molar-refractivity contribution in [1.82, 2.24) is 19.6 Å². The van der Waals surface area contributed by atoms with Crippen molar-refractivity contribution in [1.29, 1.82) is 0 Å². The first-order chi connectivity index (χ1) is 13.2. The van der Waals surface area contributed by atoms with Crippen molar-refractivity contribution < 1.29 is 34.8 Å². The third-order valence-electron chi connectivity index (χ3n) is 3.86. The van der Waals surface area contributed by atoms with Crippen LogP contribution in [0.1, 0.15) is 6.92 Å². The number of aliphatic hydroxyl groups excluding tert-OH is 1. The van der Waals surface area contributed by atoms with Crippen molar-refractivity contribution in [2.75, 3.05) is 52.4 Å². The van der Waals surface area contributed by atoms with Gasteiger partial charge in [0.05, 0.1) is 12.6 Å². The summed E-state index contributed by atoms with van der Waals surface area (Å²) in [7, 11) is 0. The van der Waals surface area contributed by atoms with Gasteiger partial charge in [0.2, 0.25) is 0 Å². The molecule has 1 rings (SSSR count). The molecule has 0 fully saturated rings. The molecule has 4 N–H and O–H groups in total. The molecule has 1 aliphatic rings. The van der Waals surface area contributed by atoms with Crippen LogP contribution < -0.4 is 0 Å². The lowest BCUT2D eigenvalue weighted by molar-refractivity contribution is -0.139. The molecule has 0 saturated carbocycles. The summed E-state index contributed by atoms with van der Waals surface area (Å²) >= 11 is 0. The molecule has 158 valence electrons. The highest BCUT2D eigenvalue weighted by Crippen LogP contribution is 2.03. The summed E-state index contributed by atoms with van der Waals surface area (Å²) in [5.74, 6) is -3.09. The van der Waals surface area contributed by atoms with Crippen molar-refractivity contribution in [3.8, 4) is 0 Å². The summed E-state index contributed by atoms with van der Waals surface area (Å²) in [6, 6.07) is 0. The largest absolute Gasteiger partial charge is 0.480 e. The summed E-state index contributed by atoms with van der Waals surface area (Å²) < 4.78 is 0. The summed E-state index contributed by atoms with van der Waals surface area (Å²) in [5, 5.41) is 36.9. The highest BCUT2D eigenvalue weighted by Gasteiger charge is 2.15. The van der Waals surface area contributed by atoms with Gasteiger partial charge >= 0.3 is 17.9 Å². The van der Waals surface area contributed by atoms with E-state index in [9.17, 15) is 19.5 Å². The minimum Gasteiger partial charge on any atom is -0.480 e. The number of nitrogens with zero attached hydrogens (tertiary/aromatic N) is 4. The van der Waals surface area contributed by atoms with E-state index in [1.165, 1.54) is 28.4 Å². The van der Waals surface area contributed by atoms with E-state index in [4.69, 9.17) is 15.3 Å². The van der Waals surface area contributed by atoms with Gasteiger partial charge in [0.25, 0.3) is 0 Å². The lowest BCUT2D eigenvalue weighted by Gasteiger charge is -2.30. The van der Waals surface area contributed by atoms with Crippen LogP contribution in [-0.4, -0.2) is 116 Å². The molecule has 11 nitrogen and oxygen atoms in total. The molecule has 1 atom stereocenters. The zero-order valence-corrected chi connectivity index (χ0v) is 15.8. The second kappa shape index (κ2) is 11.8. The van der Waals surface area contributed by atoms with Gasteiger partial charge in [-0.05, 0) is 6.92 Å². The Kier molecular flexibility index (Phi) is 9.82. The van der Waals surface area contributed by atoms with Crippen molar-refractivity contribution in [2.24, 2.45) is 0 Å². The van der Waals surface area contributed by atoms with Gasteiger partial charge in [-0.15, -0.1) is 0 Å². The van der Waals surface area contributed by atoms with Crippen LogP contribution in [0.3, 0.4) is 0 Å². The summed E-state index contributed by atoms with van der Waals surface area (Å²) in [6.45, 7) is 2.49. The Bertz CT molecular complexity index is 594. The van der Waals surface area contributed by atoms with Crippen LogP contribution in [-0.2, 0) is 14.4 Å². The number of β-amino-alcohol motifs (C(OH)–C–C–N with tert-alkyl or cyclic N) is 1. The van der Waals surface area contributed by atoms with Gasteiger partial charge in [-0.1, -0.05) is 0 Å². The molecule has 1 aliphatic heterocycles. The lowest BCUT2D eigenvalue weighted by Crippen LogP contribution is -2.42. The monoisotopic (exact) mass is 400 g/mol. The van der Waals surface area contributed by atoms with E-state index in [1.807, 2.05) is 0 Å². The molecule has 0 aromatic carbocycles. The topological polar surface area (TPSA) is 145 Å². The first-order valence-corrected chi connectivity index (χ1v) is 8.82. The average molecular weight is 400 g/mol. The Morgan fingerprint density at radius 2 is 1.29 bits per heavy atom. The first-order valence-electron chi connectivity index (χ1n) is 8.82. The number of aliphatic hydroxyl groups is 1. The normalized spacial score (nSPS) is 20.0. The Morgan fingerprint density at radius 3 is 1.79 bits per heavy atom. The molecule has 0 aliphatic carbocycles. The number of hydrogen-bond donors (Lipinski definition) is 4. The van der Waals surface area contributed by atoms with E-state index in [1.54, 1.807) is 22.9 Å². The van der Waals surface area contributed by atoms with Gasteiger partial charge < -0.3 is 35.1 Å². The fourth-order valence-electron chi connectivity index (χ4n) is 2.62. The Morgan fingerprint density at radius 1 is 0.786 bits per heavy atom. The first kappa shape index (κ1) is 23.2. The van der Waals surface area contributed by atoms with Gasteiger partial charge in [0, 0.05) is 57.5 Å². The van der Waals surface area contributed by atoms with Gasteiger partial charge in [0.1, 0.15) is 13.1 Å². The number of rotatable bonds is 8. The van der Waals surface area contributed by atoms with E-state index in [2.05, 4.69) is 0 Å². The molecule has 1 heterocycles. The van der Waals surface area contributed by atoms with Crippen LogP contribution in [0.2, 0.25) is 0 Å². The predicted molar refractivity (Wildman–Crippen MR) is 99.2 cm³/mol. The van der Waals surface area contributed by atoms with Gasteiger partial charge in [-0.3, -0.25) is 19.3 Å². The van der Waals surface area contributed by atoms with Crippen LogP contribution in [0.4, 0.5) is 0 Å². The van der Waals surface area contributed by atoms with E-state index in [0.717, 1.165) is 0 Å². The zero-order chi connectivity index (χ0) is 21.1. The molecule has 11 heteroatoms. The number of aliphatic carboxylic acids is 3. The highest BCUT2D eigenvalue weighted by molar-refractivity contribution is 5.70. The third kappa shape index (κ3) is 10.4. The Hall–Kier alpha value is -2.79. The van der Waals surface area contributed by atoms with Gasteiger partial charge in [-0.2, -0.15) is 0 Å². The van der Waals surface area contributed by atoms with E-state index in [-0.39, 0.29) is 26.2 Å². The molecule has 0 spiro atoms. The lowest BCUT2D eigenvalue weighted by atomic mass is 10.3. The molecule has 0 saturated heterocycles. The summed E-state index contributed by atoms with van der Waals surface area (Å²) in [6.07, 6.45) is 5.45. The van der Waals surface area contributed by atoms with Crippen LogP contribution in [0.25, 0.3) is 0 Å². The molecule has 0 amide bonds. The van der Waals surface area contributed by atoms with Crippen LogP contribution in [0, 0.1) is 0 Å². The highest BCUT2D eigenvalue weighted by atomic mass is 16.4. The molecule has 0 radical (unpaired) electrons. The van der Waals surface area contributed by atoms with E-state index < -0.39 is 24.0 Å². The average Bonchev–Trinajstić information content (AvgIpc) is 2.55. The second-order valence-corrected chi connectivity index (χ2v) is 6.54. The van der Waals surface area contributed by atoms with Gasteiger partial charge in [-0.25, -0.2) is 0 Å². The Balaban J connectivity index is 3.07. The van der Waals surface area contributed by atoms with Gasteiger partial charge in [0.15, 0.2) is 0 Å². The number of carboxylic acid groups (broad SMARTS) is 3. The molecule has 28 heavy (non-hydrogen) atoms. The minimum absolute atomic E-state index is 0.192. The molecule has 0 unspecified atom stereocenters. The minimum atomic E-state index is -1.05. The van der Waals surface area contributed by atoms with E-state index >= 15 is 0 Å². The zero-order valence-electron chi connectivity index (χ0n) is 15.8. The molecule has 0 aromatic rings. The standard InChI is InChI=1S/C17H28N4O7/c1-14(22)10-18-2-4-19(11-15(23)24)6-8-21(13-17(27)28)9-7-20(5-3-18)12-16(25)26/h2,4,6,8,14,22H,3,5,7,9-13H2,1H3,(H,23,24)(H,25,26)(H,27,28)/b4-2-,8-6-/t14-/m1/s1. The number of carboxylic acids is 3. The van der Waals surface area contributed by atoms with E-state index in [0.29, 0.717) is 26.2 Å². The number of carbonyl (C=O) groups is 3. The predicted octanol–water partition coefficient (Wildman–Crippen LogP) is -1.21. The van der Waals surface area contributed by atoms with Crippen LogP contribution >= 0.6 is 0 Å². The van der Waals surface area contributed by atoms with Crippen molar-refractivity contribution in [2.45, 2.75) is 13.0 Å². The Labute approximate surface area is 163 Å². The quantitative estimate of drug-likeness (QED) is 0.389. The molecular weight excluding hydrogens is 372 g/mol.